The summed E-state index contributed by atoms with van der Waals surface area (Å²) in [4.78, 5) is 17.9. The fourth-order valence-electron chi connectivity index (χ4n) is 3.85. The van der Waals surface area contributed by atoms with Crippen LogP contribution in [0.2, 0.25) is 0 Å². The summed E-state index contributed by atoms with van der Waals surface area (Å²) in [5.74, 6) is 0.889. The predicted molar refractivity (Wildman–Crippen MR) is 133 cm³/mol. The Labute approximate surface area is 197 Å². The van der Waals surface area contributed by atoms with Gasteiger partial charge < -0.3 is 25.6 Å². The van der Waals surface area contributed by atoms with Gasteiger partial charge in [0.05, 0.1) is 12.6 Å². The van der Waals surface area contributed by atoms with Crippen molar-refractivity contribution in [3.63, 3.8) is 0 Å². The van der Waals surface area contributed by atoms with Crippen molar-refractivity contribution in [2.24, 2.45) is 4.99 Å². The summed E-state index contributed by atoms with van der Waals surface area (Å²) in [6.45, 7) is 4.35. The Kier molecular flexibility index (Phi) is 11.3. The molecule has 2 aliphatic rings. The molecule has 0 atom stereocenters. The topological polar surface area (TPSA) is 78.0 Å². The molecule has 1 aliphatic heterocycles. The van der Waals surface area contributed by atoms with E-state index in [4.69, 9.17) is 4.74 Å². The Bertz CT molecular complexity index is 662. The second-order valence-corrected chi connectivity index (χ2v) is 7.77. The van der Waals surface area contributed by atoms with E-state index < -0.39 is 0 Å². The summed E-state index contributed by atoms with van der Waals surface area (Å²) in [6, 6.07) is 8.35. The van der Waals surface area contributed by atoms with E-state index in [1.165, 1.54) is 37.7 Å². The van der Waals surface area contributed by atoms with Crippen molar-refractivity contribution in [3.8, 4) is 0 Å². The van der Waals surface area contributed by atoms with Crippen LogP contribution in [0.25, 0.3) is 0 Å². The molecule has 1 amide bonds. The van der Waals surface area contributed by atoms with Gasteiger partial charge in [-0.05, 0) is 37.0 Å². The molecule has 0 spiro atoms. The number of hydrogen-bond acceptors (Lipinski definition) is 4. The van der Waals surface area contributed by atoms with Crippen molar-refractivity contribution in [3.05, 3.63) is 29.8 Å². The fourth-order valence-corrected chi connectivity index (χ4v) is 3.85. The second-order valence-electron chi connectivity index (χ2n) is 7.77. The number of ether oxygens (including phenoxy) is 1. The lowest BCUT2D eigenvalue weighted by atomic mass is 9.98. The van der Waals surface area contributed by atoms with E-state index in [-0.39, 0.29) is 29.9 Å². The number of halogens is 1. The van der Waals surface area contributed by atoms with Gasteiger partial charge in [0.15, 0.2) is 5.96 Å². The molecule has 0 unspecified atom stereocenters. The van der Waals surface area contributed by atoms with Crippen LogP contribution in [0.3, 0.4) is 0 Å². The van der Waals surface area contributed by atoms with E-state index in [0.29, 0.717) is 25.7 Å². The number of amides is 1. The molecule has 0 aromatic heterocycles. The summed E-state index contributed by atoms with van der Waals surface area (Å²) in [5.41, 5.74) is 2.27. The van der Waals surface area contributed by atoms with Crippen LogP contribution in [-0.2, 0) is 16.1 Å². The first kappa shape index (κ1) is 24.7. The maximum absolute atomic E-state index is 11.5. The number of anilines is 1. The van der Waals surface area contributed by atoms with Crippen molar-refractivity contribution in [2.75, 3.05) is 44.7 Å². The third kappa shape index (κ3) is 8.29. The molecule has 1 heterocycles. The zero-order chi connectivity index (χ0) is 20.3. The molecule has 0 radical (unpaired) electrons. The highest BCUT2D eigenvalue weighted by molar-refractivity contribution is 14.0. The van der Waals surface area contributed by atoms with Crippen LogP contribution in [-0.4, -0.2) is 57.8 Å². The van der Waals surface area contributed by atoms with E-state index in [0.717, 1.165) is 37.8 Å². The van der Waals surface area contributed by atoms with Gasteiger partial charge in [0.1, 0.15) is 0 Å². The molecule has 168 valence electrons. The maximum atomic E-state index is 11.5. The molecule has 3 rings (SSSR count). The number of piperazine rings is 1. The number of hydrogen-bond donors (Lipinski definition) is 3. The third-order valence-electron chi connectivity index (χ3n) is 5.54. The third-order valence-corrected chi connectivity index (χ3v) is 5.54. The van der Waals surface area contributed by atoms with Crippen LogP contribution in [0.4, 0.5) is 5.69 Å². The van der Waals surface area contributed by atoms with E-state index >= 15 is 0 Å². The fraction of sp³-hybridized carbons (Fsp3) is 0.636. The number of carbonyl (C=O) groups is 1. The summed E-state index contributed by atoms with van der Waals surface area (Å²) in [6.07, 6.45) is 7.89. The first-order chi connectivity index (χ1) is 14.2. The Morgan fingerprint density at radius 3 is 2.67 bits per heavy atom. The van der Waals surface area contributed by atoms with Gasteiger partial charge in [-0.3, -0.25) is 9.79 Å². The van der Waals surface area contributed by atoms with Crippen LogP contribution in [0, 0.1) is 0 Å². The SMILES string of the molecule is CN=C(NCCCOC1CCCCC1)NCc1ccc(N2CCNC(=O)C2)cc1.I. The Balaban J connectivity index is 0.00000320. The largest absolute Gasteiger partial charge is 0.378 e. The van der Waals surface area contributed by atoms with Crippen molar-refractivity contribution < 1.29 is 9.53 Å². The number of benzene rings is 1. The van der Waals surface area contributed by atoms with E-state index in [1.807, 2.05) is 0 Å². The molecule has 1 aromatic rings. The lowest BCUT2D eigenvalue weighted by Gasteiger charge is -2.28. The molecular formula is C22H36IN5O2. The molecule has 3 N–H and O–H groups in total. The average molecular weight is 529 g/mol. The summed E-state index contributed by atoms with van der Waals surface area (Å²) < 4.78 is 5.97. The van der Waals surface area contributed by atoms with Gasteiger partial charge in [-0.1, -0.05) is 31.4 Å². The standard InChI is InChI=1S/C22H35N5O2.HI/c1-23-22(25-12-5-15-29-20-6-3-2-4-7-20)26-16-18-8-10-19(11-9-18)27-14-13-24-21(28)17-27;/h8-11,20H,2-7,12-17H2,1H3,(H,24,28)(H2,23,25,26);1H. The van der Waals surface area contributed by atoms with Crippen LogP contribution >= 0.6 is 24.0 Å². The zero-order valence-corrected chi connectivity index (χ0v) is 20.3. The molecule has 30 heavy (non-hydrogen) atoms. The lowest BCUT2D eigenvalue weighted by molar-refractivity contribution is -0.120. The van der Waals surface area contributed by atoms with Crippen LogP contribution in [0.15, 0.2) is 29.3 Å². The molecule has 7 nitrogen and oxygen atoms in total. The number of rotatable bonds is 8. The quantitative estimate of drug-likeness (QED) is 0.209. The van der Waals surface area contributed by atoms with Crippen molar-refractivity contribution in [1.82, 2.24) is 16.0 Å². The normalized spacial score (nSPS) is 17.8. The minimum absolute atomic E-state index is 0. The van der Waals surface area contributed by atoms with Crippen molar-refractivity contribution in [1.29, 1.82) is 0 Å². The van der Waals surface area contributed by atoms with Gasteiger partial charge in [0.25, 0.3) is 0 Å². The zero-order valence-electron chi connectivity index (χ0n) is 18.0. The van der Waals surface area contributed by atoms with Gasteiger partial charge in [-0.15, -0.1) is 24.0 Å². The van der Waals surface area contributed by atoms with Crippen LogP contribution in [0.1, 0.15) is 44.1 Å². The Morgan fingerprint density at radius 1 is 1.20 bits per heavy atom. The number of aliphatic imine (C=N–C) groups is 1. The molecule has 8 heteroatoms. The lowest BCUT2D eigenvalue weighted by Crippen LogP contribution is -2.47. The monoisotopic (exact) mass is 529 g/mol. The van der Waals surface area contributed by atoms with Crippen molar-refractivity contribution in [2.45, 2.75) is 51.2 Å². The highest BCUT2D eigenvalue weighted by Gasteiger charge is 2.16. The van der Waals surface area contributed by atoms with Gasteiger partial charge in [-0.2, -0.15) is 0 Å². The first-order valence-corrected chi connectivity index (χ1v) is 10.9. The minimum atomic E-state index is 0. The predicted octanol–water partition coefficient (Wildman–Crippen LogP) is 2.65. The summed E-state index contributed by atoms with van der Waals surface area (Å²) >= 11 is 0. The maximum Gasteiger partial charge on any atom is 0.239 e. The second kappa shape index (κ2) is 13.7. The number of carbonyl (C=O) groups excluding carboxylic acids is 1. The average Bonchev–Trinajstić information content (AvgIpc) is 2.77. The van der Waals surface area contributed by atoms with E-state index in [9.17, 15) is 4.79 Å². The molecular weight excluding hydrogens is 493 g/mol. The molecule has 1 saturated carbocycles. The van der Waals surface area contributed by atoms with Crippen LogP contribution < -0.4 is 20.9 Å². The summed E-state index contributed by atoms with van der Waals surface area (Å²) in [5, 5.41) is 9.56. The number of guanidine groups is 1. The molecule has 1 aliphatic carbocycles. The highest BCUT2D eigenvalue weighted by Crippen LogP contribution is 2.20. The van der Waals surface area contributed by atoms with Gasteiger partial charge in [0.2, 0.25) is 5.91 Å². The van der Waals surface area contributed by atoms with E-state index in [2.05, 4.69) is 50.1 Å². The molecule has 1 saturated heterocycles. The van der Waals surface area contributed by atoms with E-state index in [1.54, 1.807) is 7.05 Å². The molecule has 2 fully saturated rings. The molecule has 1 aromatic carbocycles. The molecule has 0 bridgehead atoms. The van der Waals surface area contributed by atoms with Gasteiger partial charge in [0, 0.05) is 45.5 Å². The smallest absolute Gasteiger partial charge is 0.239 e. The number of nitrogens with zero attached hydrogens (tertiary/aromatic N) is 2. The van der Waals surface area contributed by atoms with Crippen LogP contribution in [0.5, 0.6) is 0 Å². The van der Waals surface area contributed by atoms with Gasteiger partial charge >= 0.3 is 0 Å². The number of nitrogens with one attached hydrogen (secondary N) is 3. The first-order valence-electron chi connectivity index (χ1n) is 10.9. The summed E-state index contributed by atoms with van der Waals surface area (Å²) in [7, 11) is 1.79. The minimum Gasteiger partial charge on any atom is -0.378 e. The Hall–Kier alpha value is -1.55. The Morgan fingerprint density at radius 2 is 1.97 bits per heavy atom. The van der Waals surface area contributed by atoms with Crippen molar-refractivity contribution >= 4 is 41.5 Å². The highest BCUT2D eigenvalue weighted by atomic mass is 127. The van der Waals surface area contributed by atoms with Gasteiger partial charge in [-0.25, -0.2) is 0 Å².